The van der Waals surface area contributed by atoms with Gasteiger partial charge in [-0.2, -0.15) is 0 Å². The summed E-state index contributed by atoms with van der Waals surface area (Å²) in [5.41, 5.74) is 2.08. The number of amides is 3. The fraction of sp³-hybridized carbons (Fsp3) is 0.412. The lowest BCUT2D eigenvalue weighted by atomic mass is 9.96. The first-order valence-corrected chi connectivity index (χ1v) is 7.99. The highest BCUT2D eigenvalue weighted by molar-refractivity contribution is 6.01. The largest absolute Gasteiger partial charge is 0.508 e. The second kappa shape index (κ2) is 6.32. The Hall–Kier alpha value is -2.50. The molecule has 3 rings (SSSR count). The number of rotatable bonds is 5. The van der Waals surface area contributed by atoms with E-state index in [1.54, 1.807) is 29.2 Å². The van der Waals surface area contributed by atoms with Crippen molar-refractivity contribution in [3.8, 4) is 5.75 Å². The first-order chi connectivity index (χ1) is 11.1. The second-order valence-electron chi connectivity index (χ2n) is 5.95. The summed E-state index contributed by atoms with van der Waals surface area (Å²) in [6.45, 7) is 3.29. The molecule has 0 spiro atoms. The molecule has 122 valence electrons. The maximum absolute atomic E-state index is 12.7. The smallest absolute Gasteiger partial charge is 0.319 e. The SMILES string of the molecule is CCCCCN1CC2=C(C1=O)[C@@H](c1ccc(O)cc1)NC(=O)N2. The normalized spacial score (nSPS) is 20.4. The molecule has 0 saturated heterocycles. The summed E-state index contributed by atoms with van der Waals surface area (Å²) in [5.74, 6) is 0.129. The molecule has 2 aliphatic rings. The molecule has 0 aliphatic carbocycles. The quantitative estimate of drug-likeness (QED) is 0.727. The van der Waals surface area contributed by atoms with Crippen LogP contribution in [0.4, 0.5) is 4.79 Å². The number of carbonyl (C=O) groups excluding carboxylic acids is 2. The minimum atomic E-state index is -0.469. The number of nitrogens with zero attached hydrogens (tertiary/aromatic N) is 1. The third kappa shape index (κ3) is 3.02. The van der Waals surface area contributed by atoms with Crippen LogP contribution >= 0.6 is 0 Å². The Kier molecular flexibility index (Phi) is 4.23. The predicted molar refractivity (Wildman–Crippen MR) is 85.6 cm³/mol. The Morgan fingerprint density at radius 3 is 2.65 bits per heavy atom. The van der Waals surface area contributed by atoms with Gasteiger partial charge in [-0.05, 0) is 24.1 Å². The third-order valence-corrected chi connectivity index (χ3v) is 4.28. The number of hydrogen-bond acceptors (Lipinski definition) is 3. The Morgan fingerprint density at radius 1 is 1.22 bits per heavy atom. The van der Waals surface area contributed by atoms with Crippen LogP contribution in [-0.2, 0) is 4.79 Å². The molecule has 0 aromatic heterocycles. The van der Waals surface area contributed by atoms with Crippen molar-refractivity contribution in [2.45, 2.75) is 32.2 Å². The molecule has 0 bridgehead atoms. The van der Waals surface area contributed by atoms with Crippen LogP contribution in [0.2, 0.25) is 0 Å². The van der Waals surface area contributed by atoms with E-state index >= 15 is 0 Å². The van der Waals surface area contributed by atoms with Crippen LogP contribution in [0.1, 0.15) is 37.8 Å². The van der Waals surface area contributed by atoms with Gasteiger partial charge in [0.2, 0.25) is 0 Å². The van der Waals surface area contributed by atoms with Crippen molar-refractivity contribution in [1.82, 2.24) is 15.5 Å². The first kappa shape index (κ1) is 15.4. The van der Waals surface area contributed by atoms with E-state index in [0.717, 1.165) is 24.8 Å². The molecule has 2 heterocycles. The zero-order valence-corrected chi connectivity index (χ0v) is 13.1. The summed E-state index contributed by atoms with van der Waals surface area (Å²) in [4.78, 5) is 26.4. The van der Waals surface area contributed by atoms with Crippen LogP contribution in [0.3, 0.4) is 0 Å². The lowest BCUT2D eigenvalue weighted by Crippen LogP contribution is -2.44. The zero-order chi connectivity index (χ0) is 16.4. The first-order valence-electron chi connectivity index (χ1n) is 7.99. The van der Waals surface area contributed by atoms with Crippen molar-refractivity contribution < 1.29 is 14.7 Å². The number of urea groups is 1. The monoisotopic (exact) mass is 315 g/mol. The highest BCUT2D eigenvalue weighted by atomic mass is 16.3. The number of phenolic OH excluding ortho intramolecular Hbond substituents is 1. The van der Waals surface area contributed by atoms with Gasteiger partial charge < -0.3 is 20.6 Å². The summed E-state index contributed by atoms with van der Waals surface area (Å²) in [6, 6.07) is 5.80. The van der Waals surface area contributed by atoms with Gasteiger partial charge in [0.05, 0.1) is 23.9 Å². The second-order valence-corrected chi connectivity index (χ2v) is 5.95. The van der Waals surface area contributed by atoms with E-state index in [2.05, 4.69) is 17.6 Å². The molecule has 0 unspecified atom stereocenters. The Labute approximate surface area is 135 Å². The van der Waals surface area contributed by atoms with Crippen molar-refractivity contribution in [1.29, 1.82) is 0 Å². The molecule has 0 saturated carbocycles. The van der Waals surface area contributed by atoms with Gasteiger partial charge in [-0.3, -0.25) is 4.79 Å². The Bertz CT molecular complexity index is 652. The van der Waals surface area contributed by atoms with Crippen LogP contribution in [0.5, 0.6) is 5.75 Å². The lowest BCUT2D eigenvalue weighted by molar-refractivity contribution is -0.125. The maximum atomic E-state index is 12.7. The minimum Gasteiger partial charge on any atom is -0.508 e. The average molecular weight is 315 g/mol. The van der Waals surface area contributed by atoms with E-state index in [-0.39, 0.29) is 17.7 Å². The van der Waals surface area contributed by atoms with Crippen molar-refractivity contribution in [3.63, 3.8) is 0 Å². The number of carbonyl (C=O) groups is 2. The van der Waals surface area contributed by atoms with Gasteiger partial charge in [-0.15, -0.1) is 0 Å². The molecule has 3 N–H and O–H groups in total. The summed E-state index contributed by atoms with van der Waals surface area (Å²) in [6.07, 6.45) is 3.15. The molecule has 2 aliphatic heterocycles. The predicted octanol–water partition coefficient (Wildman–Crippen LogP) is 2.03. The van der Waals surface area contributed by atoms with Crippen LogP contribution in [0, 0.1) is 0 Å². The molecule has 6 heteroatoms. The van der Waals surface area contributed by atoms with Gasteiger partial charge in [0.1, 0.15) is 5.75 Å². The van der Waals surface area contributed by atoms with E-state index in [1.807, 2.05) is 0 Å². The molecule has 1 aromatic rings. The molecule has 1 atom stereocenters. The fourth-order valence-electron chi connectivity index (χ4n) is 3.08. The summed E-state index contributed by atoms with van der Waals surface area (Å²) < 4.78 is 0. The Morgan fingerprint density at radius 2 is 1.96 bits per heavy atom. The summed E-state index contributed by atoms with van der Waals surface area (Å²) in [5, 5.41) is 15.0. The number of unbranched alkanes of at least 4 members (excludes halogenated alkanes) is 2. The van der Waals surface area contributed by atoms with Crippen molar-refractivity contribution in [2.75, 3.05) is 13.1 Å². The van der Waals surface area contributed by atoms with Crippen LogP contribution < -0.4 is 10.6 Å². The van der Waals surface area contributed by atoms with E-state index in [1.165, 1.54) is 0 Å². The van der Waals surface area contributed by atoms with Crippen molar-refractivity contribution >= 4 is 11.9 Å². The number of hydrogen-bond donors (Lipinski definition) is 3. The molecule has 6 nitrogen and oxygen atoms in total. The van der Waals surface area contributed by atoms with Crippen LogP contribution in [-0.4, -0.2) is 35.0 Å². The topological polar surface area (TPSA) is 81.7 Å². The van der Waals surface area contributed by atoms with Gasteiger partial charge >= 0.3 is 6.03 Å². The van der Waals surface area contributed by atoms with Crippen molar-refractivity contribution in [2.24, 2.45) is 0 Å². The lowest BCUT2D eigenvalue weighted by Gasteiger charge is -2.25. The van der Waals surface area contributed by atoms with Gasteiger partial charge in [-0.25, -0.2) is 4.79 Å². The van der Waals surface area contributed by atoms with E-state index < -0.39 is 6.04 Å². The standard InChI is InChI=1S/C17H21N3O3/c1-2-3-4-9-20-10-13-14(16(20)22)15(19-17(23)18-13)11-5-7-12(21)8-6-11/h5-8,15,21H,2-4,9-10H2,1H3,(H2,18,19,23)/t15-/m1/s1. The maximum Gasteiger partial charge on any atom is 0.319 e. The number of nitrogens with one attached hydrogen (secondary N) is 2. The molecule has 1 aromatic carbocycles. The number of aromatic hydroxyl groups is 1. The summed E-state index contributed by atoms with van der Waals surface area (Å²) in [7, 11) is 0. The van der Waals surface area contributed by atoms with Crippen molar-refractivity contribution in [3.05, 3.63) is 41.1 Å². The highest BCUT2D eigenvalue weighted by Gasteiger charge is 2.39. The van der Waals surface area contributed by atoms with Crippen LogP contribution in [0.25, 0.3) is 0 Å². The fourth-order valence-corrected chi connectivity index (χ4v) is 3.08. The molecule has 0 radical (unpaired) electrons. The van der Waals surface area contributed by atoms with Gasteiger partial charge in [0.15, 0.2) is 0 Å². The molecule has 0 fully saturated rings. The average Bonchev–Trinajstić information content (AvgIpc) is 2.84. The molecular weight excluding hydrogens is 294 g/mol. The number of benzene rings is 1. The molecule has 23 heavy (non-hydrogen) atoms. The minimum absolute atomic E-state index is 0.0262. The summed E-state index contributed by atoms with van der Waals surface area (Å²) >= 11 is 0. The molecule has 3 amide bonds. The van der Waals surface area contributed by atoms with Gasteiger partial charge in [0, 0.05) is 6.54 Å². The highest BCUT2D eigenvalue weighted by Crippen LogP contribution is 2.33. The van der Waals surface area contributed by atoms with E-state index in [9.17, 15) is 14.7 Å². The Balaban J connectivity index is 1.84. The zero-order valence-electron chi connectivity index (χ0n) is 13.1. The van der Waals surface area contributed by atoms with Gasteiger partial charge in [0.25, 0.3) is 5.91 Å². The van der Waals surface area contributed by atoms with E-state index in [4.69, 9.17) is 0 Å². The third-order valence-electron chi connectivity index (χ3n) is 4.28. The number of phenols is 1. The van der Waals surface area contributed by atoms with Crippen LogP contribution in [0.15, 0.2) is 35.5 Å². The van der Waals surface area contributed by atoms with Gasteiger partial charge in [-0.1, -0.05) is 31.9 Å². The molecular formula is C17H21N3O3. The van der Waals surface area contributed by atoms with E-state index in [0.29, 0.717) is 24.4 Å².